The van der Waals surface area contributed by atoms with Crippen LogP contribution in [0, 0.1) is 11.8 Å². The van der Waals surface area contributed by atoms with E-state index in [9.17, 15) is 9.59 Å². The number of rotatable bonds is 4. The Morgan fingerprint density at radius 2 is 2.00 bits per heavy atom. The predicted octanol–water partition coefficient (Wildman–Crippen LogP) is 5.61. The van der Waals surface area contributed by atoms with Crippen molar-refractivity contribution in [1.82, 2.24) is 14.9 Å². The number of fused-ring (bicyclic) bond motifs is 3. The number of nitrogens with two attached hydrogens (primary N) is 1. The number of carbonyl (C=O) groups excluding carboxylic acids is 2. The third kappa shape index (κ3) is 4.39. The fourth-order valence-corrected chi connectivity index (χ4v) is 7.98. The Kier molecular flexibility index (Phi) is 6.18. The van der Waals surface area contributed by atoms with Gasteiger partial charge in [0.25, 0.3) is 0 Å². The third-order valence-corrected chi connectivity index (χ3v) is 10.2. The molecule has 3 aliphatic rings. The molecule has 37 heavy (non-hydrogen) atoms. The Hall–Kier alpha value is -3.00. The van der Waals surface area contributed by atoms with E-state index in [1.165, 1.54) is 48.0 Å². The number of amides is 2. The van der Waals surface area contributed by atoms with E-state index in [0.717, 1.165) is 35.4 Å². The Balaban J connectivity index is 1.25. The molecule has 3 N–H and O–H groups in total. The number of benzene rings is 1. The molecule has 6 rings (SSSR count). The number of aromatic nitrogens is 2. The smallest absolute Gasteiger partial charge is 0.313 e. The van der Waals surface area contributed by atoms with E-state index in [1.54, 1.807) is 11.0 Å². The quantitative estimate of drug-likeness (QED) is 0.438. The zero-order valence-corrected chi connectivity index (χ0v) is 22.4. The van der Waals surface area contributed by atoms with Crippen LogP contribution in [0.1, 0.15) is 81.0 Å². The number of nitrogens with one attached hydrogen (secondary N) is 1. The second kappa shape index (κ2) is 9.39. The van der Waals surface area contributed by atoms with Gasteiger partial charge in [0.1, 0.15) is 5.82 Å². The van der Waals surface area contributed by atoms with Gasteiger partial charge in [-0.2, -0.15) is 0 Å². The van der Waals surface area contributed by atoms with Crippen molar-refractivity contribution in [3.05, 3.63) is 46.6 Å². The Labute approximate surface area is 221 Å². The molecular weight excluding hydrogens is 482 g/mol. The minimum Gasteiger partial charge on any atom is -0.383 e. The molecule has 7 nitrogen and oxygen atoms in total. The molecule has 0 radical (unpaired) electrons. The van der Waals surface area contributed by atoms with E-state index in [-0.39, 0.29) is 6.04 Å². The number of thiazole rings is 1. The molecule has 2 aromatic heterocycles. The van der Waals surface area contributed by atoms with E-state index in [2.05, 4.69) is 35.4 Å². The van der Waals surface area contributed by atoms with Crippen molar-refractivity contribution < 1.29 is 9.59 Å². The molecule has 0 unspecified atom stereocenters. The van der Waals surface area contributed by atoms with E-state index in [0.29, 0.717) is 35.8 Å². The maximum Gasteiger partial charge on any atom is 0.313 e. The van der Waals surface area contributed by atoms with Gasteiger partial charge in [0.15, 0.2) is 0 Å². The molecule has 2 aliphatic carbocycles. The minimum absolute atomic E-state index is 0.139. The Bertz CT molecular complexity index is 1360. The van der Waals surface area contributed by atoms with Crippen LogP contribution in [-0.4, -0.2) is 33.2 Å². The number of likely N-dealkylation sites (tertiary alicyclic amines) is 1. The highest BCUT2D eigenvalue weighted by Gasteiger charge is 2.47. The summed E-state index contributed by atoms with van der Waals surface area (Å²) in [6.45, 7) is 4.67. The number of nitrogen functional groups attached to an aromatic ring is 1. The maximum absolute atomic E-state index is 13.4. The molecule has 2 saturated carbocycles. The van der Waals surface area contributed by atoms with Gasteiger partial charge < -0.3 is 16.0 Å². The van der Waals surface area contributed by atoms with Gasteiger partial charge in [-0.05, 0) is 92.5 Å². The number of hydrogen-bond acceptors (Lipinski definition) is 6. The van der Waals surface area contributed by atoms with Gasteiger partial charge in [0, 0.05) is 12.0 Å². The van der Waals surface area contributed by atoms with Crippen LogP contribution < -0.4 is 11.1 Å². The van der Waals surface area contributed by atoms with E-state index < -0.39 is 11.8 Å². The molecule has 1 aromatic carbocycles. The van der Waals surface area contributed by atoms with Gasteiger partial charge in [0.2, 0.25) is 0 Å². The number of piperidine rings is 1. The minimum atomic E-state index is -0.638. The molecule has 194 valence electrons. The highest BCUT2D eigenvalue weighted by molar-refractivity contribution is 7.18. The SMILES string of the molecule is CCc1cc(NC(=O)C(=O)N2C[C@@H](C)CC[C@@H]2c2ccc3sc(C45CCC(CC4)C5)nc3c2)cnc1N. The van der Waals surface area contributed by atoms with Crippen LogP contribution in [-0.2, 0) is 21.4 Å². The van der Waals surface area contributed by atoms with Crippen LogP contribution in [0.4, 0.5) is 11.5 Å². The van der Waals surface area contributed by atoms with Crippen LogP contribution in [0.3, 0.4) is 0 Å². The van der Waals surface area contributed by atoms with E-state index in [4.69, 9.17) is 10.7 Å². The molecule has 2 amide bonds. The number of anilines is 2. The topological polar surface area (TPSA) is 101 Å². The summed E-state index contributed by atoms with van der Waals surface area (Å²) in [6, 6.07) is 8.10. The summed E-state index contributed by atoms with van der Waals surface area (Å²) < 4.78 is 1.21. The first-order valence-electron chi connectivity index (χ1n) is 13.6. The summed E-state index contributed by atoms with van der Waals surface area (Å²) in [6.07, 6.45) is 10.6. The average Bonchev–Trinajstić information content (AvgIpc) is 3.64. The summed E-state index contributed by atoms with van der Waals surface area (Å²) in [7, 11) is 0. The Morgan fingerprint density at radius 1 is 1.19 bits per heavy atom. The largest absolute Gasteiger partial charge is 0.383 e. The van der Waals surface area contributed by atoms with Crippen LogP contribution in [0.25, 0.3) is 10.2 Å². The maximum atomic E-state index is 13.4. The van der Waals surface area contributed by atoms with Crippen LogP contribution in [0.5, 0.6) is 0 Å². The molecule has 1 saturated heterocycles. The lowest BCUT2D eigenvalue weighted by Crippen LogP contribution is -2.46. The molecule has 3 fully saturated rings. The number of nitrogens with zero attached hydrogens (tertiary/aromatic N) is 3. The monoisotopic (exact) mass is 517 g/mol. The number of carbonyl (C=O) groups is 2. The highest BCUT2D eigenvalue weighted by atomic mass is 32.1. The van der Waals surface area contributed by atoms with Gasteiger partial charge in [-0.3, -0.25) is 9.59 Å². The second-order valence-corrected chi connectivity index (χ2v) is 12.4. The fraction of sp³-hybridized carbons (Fsp3) is 0.517. The molecule has 3 heterocycles. The molecule has 2 bridgehead atoms. The summed E-state index contributed by atoms with van der Waals surface area (Å²) in [4.78, 5) is 37.5. The molecule has 2 atom stereocenters. The molecule has 3 aromatic rings. The zero-order valence-electron chi connectivity index (χ0n) is 21.6. The highest BCUT2D eigenvalue weighted by Crippen LogP contribution is 2.56. The van der Waals surface area contributed by atoms with Crippen molar-refractivity contribution in [1.29, 1.82) is 0 Å². The van der Waals surface area contributed by atoms with E-state index >= 15 is 0 Å². The van der Waals surface area contributed by atoms with Crippen molar-refractivity contribution >= 4 is 44.9 Å². The number of pyridine rings is 1. The van der Waals surface area contributed by atoms with Gasteiger partial charge in [0.05, 0.1) is 33.2 Å². The average molecular weight is 518 g/mol. The first-order valence-corrected chi connectivity index (χ1v) is 14.4. The number of aryl methyl sites for hydroxylation is 1. The normalized spacial score (nSPS) is 27.1. The van der Waals surface area contributed by atoms with Gasteiger partial charge in [-0.1, -0.05) is 19.9 Å². The summed E-state index contributed by atoms with van der Waals surface area (Å²) in [5, 5.41) is 4.05. The Morgan fingerprint density at radius 3 is 2.73 bits per heavy atom. The number of hydrogen-bond donors (Lipinski definition) is 2. The van der Waals surface area contributed by atoms with Gasteiger partial charge in [-0.15, -0.1) is 11.3 Å². The standard InChI is InChI=1S/C29H35N5O2S/c1-3-19-12-21(15-31-25(19)30)32-26(35)27(36)34-16-17(2)4-6-23(34)20-5-7-24-22(13-20)33-28(37-24)29-10-8-18(14-29)9-11-29/h5,7,12-13,15,17-18,23H,3-4,6,8-11,14,16H2,1-2H3,(H2,30,31)(H,32,35)/t17-,18?,23+,29?/m0/s1. The second-order valence-electron chi connectivity index (χ2n) is 11.4. The van der Waals surface area contributed by atoms with Crippen LogP contribution in [0.2, 0.25) is 0 Å². The lowest BCUT2D eigenvalue weighted by molar-refractivity contribution is -0.146. The molecule has 0 spiro atoms. The van der Waals surface area contributed by atoms with Crippen molar-refractivity contribution in [2.24, 2.45) is 11.8 Å². The van der Waals surface area contributed by atoms with Gasteiger partial charge >= 0.3 is 11.8 Å². The van der Waals surface area contributed by atoms with Crippen molar-refractivity contribution in [3.8, 4) is 0 Å². The summed E-state index contributed by atoms with van der Waals surface area (Å²) >= 11 is 1.85. The zero-order chi connectivity index (χ0) is 25.7. The molecular formula is C29H35N5O2S. The fourth-order valence-electron chi connectivity index (χ4n) is 6.78. The van der Waals surface area contributed by atoms with Crippen molar-refractivity contribution in [2.45, 2.75) is 76.7 Å². The van der Waals surface area contributed by atoms with Crippen LogP contribution >= 0.6 is 11.3 Å². The van der Waals surface area contributed by atoms with E-state index in [1.807, 2.05) is 18.3 Å². The van der Waals surface area contributed by atoms with Crippen molar-refractivity contribution in [2.75, 3.05) is 17.6 Å². The first-order chi connectivity index (χ1) is 17.8. The lowest BCUT2D eigenvalue weighted by Gasteiger charge is -2.38. The van der Waals surface area contributed by atoms with Crippen molar-refractivity contribution in [3.63, 3.8) is 0 Å². The van der Waals surface area contributed by atoms with Gasteiger partial charge in [-0.25, -0.2) is 9.97 Å². The summed E-state index contributed by atoms with van der Waals surface area (Å²) in [5.74, 6) is 0.519. The molecule has 8 heteroatoms. The lowest BCUT2D eigenvalue weighted by atomic mass is 9.85. The van der Waals surface area contributed by atoms with Crippen LogP contribution in [0.15, 0.2) is 30.5 Å². The predicted molar refractivity (Wildman–Crippen MR) is 147 cm³/mol. The third-order valence-electron chi connectivity index (χ3n) is 8.90. The molecule has 1 aliphatic heterocycles. The summed E-state index contributed by atoms with van der Waals surface area (Å²) in [5.41, 5.74) is 9.61. The first kappa shape index (κ1) is 24.3.